The molecule has 0 saturated carbocycles. The lowest BCUT2D eigenvalue weighted by Gasteiger charge is -2.22. The zero-order valence-corrected chi connectivity index (χ0v) is 11.6. The highest BCUT2D eigenvalue weighted by Gasteiger charge is 2.29. The SMILES string of the molecule is CC.CNC(=O)c1nc2c(s1)CCC(C)C2O. The van der Waals surface area contributed by atoms with Crippen LogP contribution in [0.2, 0.25) is 0 Å². The molecule has 1 aliphatic carbocycles. The number of nitrogens with one attached hydrogen (secondary N) is 1. The van der Waals surface area contributed by atoms with Gasteiger partial charge in [0.25, 0.3) is 5.91 Å². The van der Waals surface area contributed by atoms with Crippen LogP contribution in [0.15, 0.2) is 0 Å². The van der Waals surface area contributed by atoms with E-state index >= 15 is 0 Å². The van der Waals surface area contributed by atoms with E-state index in [0.717, 1.165) is 17.7 Å². The van der Waals surface area contributed by atoms with Crippen molar-refractivity contribution in [1.82, 2.24) is 10.3 Å². The highest BCUT2D eigenvalue weighted by Crippen LogP contribution is 2.36. The van der Waals surface area contributed by atoms with Crippen molar-refractivity contribution in [3.05, 3.63) is 15.6 Å². The Morgan fingerprint density at radius 2 is 2.18 bits per heavy atom. The van der Waals surface area contributed by atoms with Gasteiger partial charge in [0.05, 0.1) is 11.8 Å². The highest BCUT2D eigenvalue weighted by atomic mass is 32.1. The summed E-state index contributed by atoms with van der Waals surface area (Å²) in [6.45, 7) is 6.01. The number of carbonyl (C=O) groups is 1. The van der Waals surface area contributed by atoms with E-state index in [9.17, 15) is 9.90 Å². The third kappa shape index (κ3) is 2.84. The summed E-state index contributed by atoms with van der Waals surface area (Å²) in [5.74, 6) is 0.0615. The number of amides is 1. The predicted molar refractivity (Wildman–Crippen MR) is 69.3 cm³/mol. The van der Waals surface area contributed by atoms with Crippen LogP contribution in [0, 0.1) is 5.92 Å². The number of aliphatic hydroxyl groups excluding tert-OH is 1. The Hall–Kier alpha value is -0.940. The van der Waals surface area contributed by atoms with Crippen molar-refractivity contribution in [2.24, 2.45) is 5.92 Å². The van der Waals surface area contributed by atoms with Gasteiger partial charge < -0.3 is 10.4 Å². The fraction of sp³-hybridized carbons (Fsp3) is 0.667. The van der Waals surface area contributed by atoms with Crippen molar-refractivity contribution in [3.63, 3.8) is 0 Å². The van der Waals surface area contributed by atoms with Gasteiger partial charge in [-0.15, -0.1) is 11.3 Å². The minimum atomic E-state index is -0.511. The van der Waals surface area contributed by atoms with Gasteiger partial charge >= 0.3 is 0 Å². The van der Waals surface area contributed by atoms with Gasteiger partial charge in [-0.2, -0.15) is 0 Å². The Labute approximate surface area is 106 Å². The average molecular weight is 256 g/mol. The first-order chi connectivity index (χ1) is 8.13. The van der Waals surface area contributed by atoms with Crippen molar-refractivity contribution < 1.29 is 9.90 Å². The molecule has 0 saturated heterocycles. The molecule has 1 aliphatic rings. The van der Waals surface area contributed by atoms with Crippen molar-refractivity contribution >= 4 is 17.2 Å². The van der Waals surface area contributed by atoms with Crippen molar-refractivity contribution in [2.75, 3.05) is 7.05 Å². The second-order valence-electron chi connectivity index (χ2n) is 3.87. The van der Waals surface area contributed by atoms with Gasteiger partial charge in [-0.05, 0) is 18.8 Å². The number of nitrogens with zero attached hydrogens (tertiary/aromatic N) is 1. The second kappa shape index (κ2) is 6.12. The number of aromatic nitrogens is 1. The first-order valence-corrected chi connectivity index (χ1v) is 6.85. The van der Waals surface area contributed by atoms with Crippen LogP contribution in [-0.4, -0.2) is 23.0 Å². The fourth-order valence-electron chi connectivity index (χ4n) is 1.76. The van der Waals surface area contributed by atoms with Crippen LogP contribution >= 0.6 is 11.3 Å². The van der Waals surface area contributed by atoms with E-state index in [1.807, 2.05) is 20.8 Å². The number of thiazole rings is 1. The average Bonchev–Trinajstić information content (AvgIpc) is 2.80. The van der Waals surface area contributed by atoms with E-state index in [2.05, 4.69) is 10.3 Å². The molecule has 1 heterocycles. The first kappa shape index (κ1) is 14.1. The number of hydrogen-bond donors (Lipinski definition) is 2. The third-order valence-electron chi connectivity index (χ3n) is 2.79. The highest BCUT2D eigenvalue weighted by molar-refractivity contribution is 7.13. The summed E-state index contributed by atoms with van der Waals surface area (Å²) < 4.78 is 0. The Kier molecular flexibility index (Phi) is 5.08. The lowest BCUT2D eigenvalue weighted by molar-refractivity contribution is 0.0950. The molecule has 17 heavy (non-hydrogen) atoms. The summed E-state index contributed by atoms with van der Waals surface area (Å²) in [6, 6.07) is 0. The molecule has 0 spiro atoms. The van der Waals surface area contributed by atoms with Gasteiger partial charge in [0, 0.05) is 11.9 Å². The van der Waals surface area contributed by atoms with Crippen LogP contribution in [-0.2, 0) is 6.42 Å². The van der Waals surface area contributed by atoms with E-state index in [4.69, 9.17) is 0 Å². The standard InChI is InChI=1S/C10H14N2O2S.C2H6/c1-5-3-4-6-7(8(5)13)12-10(15-6)9(14)11-2;1-2/h5,8,13H,3-4H2,1-2H3,(H,11,14);1-2H3. The summed E-state index contributed by atoms with van der Waals surface area (Å²) in [6.07, 6.45) is 1.37. The van der Waals surface area contributed by atoms with E-state index in [-0.39, 0.29) is 11.8 Å². The summed E-state index contributed by atoms with van der Waals surface area (Å²) >= 11 is 1.39. The molecule has 0 aliphatic heterocycles. The van der Waals surface area contributed by atoms with Gasteiger partial charge in [0.2, 0.25) is 0 Å². The summed E-state index contributed by atoms with van der Waals surface area (Å²) in [5, 5.41) is 12.9. The molecule has 1 aromatic heterocycles. The van der Waals surface area contributed by atoms with E-state index in [0.29, 0.717) is 10.7 Å². The molecule has 0 aromatic carbocycles. The Morgan fingerprint density at radius 1 is 1.53 bits per heavy atom. The molecule has 2 unspecified atom stereocenters. The summed E-state index contributed by atoms with van der Waals surface area (Å²) in [5.41, 5.74) is 0.706. The van der Waals surface area contributed by atoms with Crippen LogP contribution in [0.1, 0.15) is 53.7 Å². The molecule has 4 nitrogen and oxygen atoms in total. The molecular weight excluding hydrogens is 236 g/mol. The van der Waals surface area contributed by atoms with E-state index in [1.165, 1.54) is 11.3 Å². The minimum absolute atomic E-state index is 0.172. The van der Waals surface area contributed by atoms with Crippen LogP contribution in [0.25, 0.3) is 0 Å². The molecule has 5 heteroatoms. The van der Waals surface area contributed by atoms with Crippen LogP contribution in [0.5, 0.6) is 0 Å². The number of fused-ring (bicyclic) bond motifs is 1. The van der Waals surface area contributed by atoms with Gasteiger partial charge in [-0.3, -0.25) is 4.79 Å². The van der Waals surface area contributed by atoms with E-state index < -0.39 is 6.10 Å². The molecule has 2 N–H and O–H groups in total. The van der Waals surface area contributed by atoms with Gasteiger partial charge in [-0.25, -0.2) is 4.98 Å². The summed E-state index contributed by atoms with van der Waals surface area (Å²) in [4.78, 5) is 16.6. The number of carbonyl (C=O) groups excluding carboxylic acids is 1. The summed E-state index contributed by atoms with van der Waals surface area (Å²) in [7, 11) is 1.59. The maximum Gasteiger partial charge on any atom is 0.280 e. The molecule has 1 amide bonds. The lowest BCUT2D eigenvalue weighted by atomic mass is 9.90. The monoisotopic (exact) mass is 256 g/mol. The largest absolute Gasteiger partial charge is 0.386 e. The molecule has 2 atom stereocenters. The van der Waals surface area contributed by atoms with Gasteiger partial charge in [0.1, 0.15) is 0 Å². The zero-order valence-electron chi connectivity index (χ0n) is 10.8. The molecule has 0 bridgehead atoms. The Balaban J connectivity index is 0.000000686. The minimum Gasteiger partial charge on any atom is -0.386 e. The molecule has 0 fully saturated rings. The smallest absolute Gasteiger partial charge is 0.280 e. The second-order valence-corrected chi connectivity index (χ2v) is 4.95. The molecule has 96 valence electrons. The first-order valence-electron chi connectivity index (χ1n) is 6.03. The van der Waals surface area contributed by atoms with Crippen molar-refractivity contribution in [3.8, 4) is 0 Å². The van der Waals surface area contributed by atoms with E-state index in [1.54, 1.807) is 7.05 Å². The molecule has 0 radical (unpaired) electrons. The quantitative estimate of drug-likeness (QED) is 0.809. The number of aliphatic hydroxyl groups is 1. The molecule has 2 rings (SSSR count). The maximum absolute atomic E-state index is 11.4. The zero-order chi connectivity index (χ0) is 13.0. The predicted octanol–water partition coefficient (Wildman–Crippen LogP) is 2.14. The van der Waals surface area contributed by atoms with Gasteiger partial charge in [-0.1, -0.05) is 20.8 Å². The number of rotatable bonds is 1. The maximum atomic E-state index is 11.4. The number of hydrogen-bond acceptors (Lipinski definition) is 4. The van der Waals surface area contributed by atoms with Crippen LogP contribution in [0.3, 0.4) is 0 Å². The van der Waals surface area contributed by atoms with Gasteiger partial charge in [0.15, 0.2) is 5.01 Å². The topological polar surface area (TPSA) is 62.2 Å². The Morgan fingerprint density at radius 3 is 2.76 bits per heavy atom. The Bertz CT molecular complexity index is 390. The van der Waals surface area contributed by atoms with Crippen LogP contribution < -0.4 is 5.32 Å². The van der Waals surface area contributed by atoms with Crippen molar-refractivity contribution in [1.29, 1.82) is 0 Å². The van der Waals surface area contributed by atoms with Crippen LogP contribution in [0.4, 0.5) is 0 Å². The third-order valence-corrected chi connectivity index (χ3v) is 3.92. The lowest BCUT2D eigenvalue weighted by Crippen LogP contribution is -2.19. The molecular formula is C12H20N2O2S. The number of aryl methyl sites for hydroxylation is 1. The fourth-order valence-corrected chi connectivity index (χ4v) is 2.83. The van der Waals surface area contributed by atoms with Crippen molar-refractivity contribution in [2.45, 2.75) is 39.7 Å². The normalized spacial score (nSPS) is 22.2. The molecule has 1 aromatic rings.